The van der Waals surface area contributed by atoms with E-state index in [1.165, 1.54) is 11.8 Å². The van der Waals surface area contributed by atoms with Gasteiger partial charge in [-0.1, -0.05) is 23.9 Å². The average Bonchev–Trinajstić information content (AvgIpc) is 2.31. The fourth-order valence-electron chi connectivity index (χ4n) is 1.40. The number of aromatic nitrogens is 3. The molecule has 0 fully saturated rings. The van der Waals surface area contributed by atoms with Gasteiger partial charge in [0.2, 0.25) is 5.95 Å². The monoisotopic (exact) mass is 250 g/mol. The van der Waals surface area contributed by atoms with Crippen LogP contribution in [0.2, 0.25) is 0 Å². The maximum absolute atomic E-state index is 13.9. The third-order valence-electron chi connectivity index (χ3n) is 2.25. The maximum atomic E-state index is 13.9. The molecule has 0 aliphatic carbocycles. The van der Waals surface area contributed by atoms with Gasteiger partial charge in [-0.25, -0.2) is 9.37 Å². The minimum atomic E-state index is -0.329. The Hall–Kier alpha value is -1.69. The summed E-state index contributed by atoms with van der Waals surface area (Å²) in [5.41, 5.74) is 6.45. The number of hydrogen-bond donors (Lipinski definition) is 1. The van der Waals surface area contributed by atoms with E-state index in [1.807, 2.05) is 6.26 Å². The van der Waals surface area contributed by atoms with Gasteiger partial charge in [-0.2, -0.15) is 9.97 Å². The lowest BCUT2D eigenvalue weighted by molar-refractivity contribution is 0.620. The SMILES string of the molecule is CSc1nc(N)nc(-c2cccc(C)c2F)n1. The van der Waals surface area contributed by atoms with Crippen LogP contribution in [0.5, 0.6) is 0 Å². The summed E-state index contributed by atoms with van der Waals surface area (Å²) in [5, 5.41) is 0.480. The van der Waals surface area contributed by atoms with Crippen LogP contribution >= 0.6 is 11.8 Å². The molecule has 0 bridgehead atoms. The molecule has 2 rings (SSSR count). The van der Waals surface area contributed by atoms with Crippen molar-refractivity contribution >= 4 is 17.7 Å². The van der Waals surface area contributed by atoms with Crippen molar-refractivity contribution in [2.75, 3.05) is 12.0 Å². The molecule has 4 nitrogen and oxygen atoms in total. The van der Waals surface area contributed by atoms with Crippen LogP contribution in [-0.4, -0.2) is 21.2 Å². The lowest BCUT2D eigenvalue weighted by Crippen LogP contribution is -2.02. The Kier molecular flexibility index (Phi) is 3.23. The molecule has 0 radical (unpaired) electrons. The number of benzene rings is 1. The van der Waals surface area contributed by atoms with Gasteiger partial charge in [-0.05, 0) is 24.8 Å². The number of halogens is 1. The summed E-state index contributed by atoms with van der Waals surface area (Å²) >= 11 is 1.34. The van der Waals surface area contributed by atoms with E-state index in [-0.39, 0.29) is 17.6 Å². The van der Waals surface area contributed by atoms with Crippen molar-refractivity contribution in [3.8, 4) is 11.4 Å². The first kappa shape index (κ1) is 11.8. The Morgan fingerprint density at radius 1 is 1.24 bits per heavy atom. The molecule has 2 aromatic rings. The predicted octanol–water partition coefficient (Wildman–Crippen LogP) is 2.29. The van der Waals surface area contributed by atoms with Crippen molar-refractivity contribution in [1.29, 1.82) is 0 Å². The fraction of sp³-hybridized carbons (Fsp3) is 0.182. The predicted molar refractivity (Wildman–Crippen MR) is 66.2 cm³/mol. The highest BCUT2D eigenvalue weighted by atomic mass is 32.2. The highest BCUT2D eigenvalue weighted by Gasteiger charge is 2.12. The third kappa shape index (κ3) is 2.36. The minimum Gasteiger partial charge on any atom is -0.368 e. The van der Waals surface area contributed by atoms with Gasteiger partial charge >= 0.3 is 0 Å². The molecule has 0 aliphatic heterocycles. The lowest BCUT2D eigenvalue weighted by Gasteiger charge is -2.05. The molecule has 0 saturated heterocycles. The normalized spacial score (nSPS) is 10.5. The molecule has 0 amide bonds. The van der Waals surface area contributed by atoms with Gasteiger partial charge in [0.05, 0.1) is 5.56 Å². The van der Waals surface area contributed by atoms with Crippen LogP contribution in [0.25, 0.3) is 11.4 Å². The number of thioether (sulfide) groups is 1. The Bertz CT molecular complexity index is 559. The smallest absolute Gasteiger partial charge is 0.224 e. The minimum absolute atomic E-state index is 0.0975. The molecule has 0 unspecified atom stereocenters. The largest absolute Gasteiger partial charge is 0.368 e. The van der Waals surface area contributed by atoms with Crippen molar-refractivity contribution in [3.63, 3.8) is 0 Å². The van der Waals surface area contributed by atoms with E-state index in [0.29, 0.717) is 16.3 Å². The van der Waals surface area contributed by atoms with Crippen molar-refractivity contribution < 1.29 is 4.39 Å². The molecule has 0 spiro atoms. The summed E-state index contributed by atoms with van der Waals surface area (Å²) in [4.78, 5) is 12.0. The van der Waals surface area contributed by atoms with E-state index in [0.717, 1.165) is 0 Å². The van der Waals surface area contributed by atoms with Crippen LogP contribution in [0.3, 0.4) is 0 Å². The molecule has 1 heterocycles. The van der Waals surface area contributed by atoms with E-state index in [4.69, 9.17) is 5.73 Å². The molecule has 2 N–H and O–H groups in total. The highest BCUT2D eigenvalue weighted by molar-refractivity contribution is 7.98. The van der Waals surface area contributed by atoms with Crippen LogP contribution in [0.1, 0.15) is 5.56 Å². The van der Waals surface area contributed by atoms with E-state index < -0.39 is 0 Å². The summed E-state index contributed by atoms with van der Waals surface area (Å²) in [6, 6.07) is 5.08. The van der Waals surface area contributed by atoms with E-state index in [1.54, 1.807) is 25.1 Å². The van der Waals surface area contributed by atoms with Crippen LogP contribution < -0.4 is 5.73 Å². The van der Waals surface area contributed by atoms with Crippen LogP contribution in [0, 0.1) is 12.7 Å². The fourth-order valence-corrected chi connectivity index (χ4v) is 1.77. The Labute approximate surface area is 103 Å². The van der Waals surface area contributed by atoms with Crippen molar-refractivity contribution in [1.82, 2.24) is 15.0 Å². The van der Waals surface area contributed by atoms with Crippen LogP contribution in [-0.2, 0) is 0 Å². The second-order valence-corrected chi connectivity index (χ2v) is 4.21. The Balaban J connectivity index is 2.60. The second kappa shape index (κ2) is 4.67. The molecule has 0 atom stereocenters. The second-order valence-electron chi connectivity index (χ2n) is 3.44. The number of nitrogen functional groups attached to an aromatic ring is 1. The van der Waals surface area contributed by atoms with E-state index in [9.17, 15) is 4.39 Å². The Morgan fingerprint density at radius 2 is 2.00 bits per heavy atom. The third-order valence-corrected chi connectivity index (χ3v) is 2.80. The van der Waals surface area contributed by atoms with Gasteiger partial charge in [-0.15, -0.1) is 0 Å². The van der Waals surface area contributed by atoms with Crippen molar-refractivity contribution in [3.05, 3.63) is 29.6 Å². The molecular formula is C11H11FN4S. The first-order valence-corrected chi connectivity index (χ1v) is 6.15. The number of anilines is 1. The molecule has 88 valence electrons. The van der Waals surface area contributed by atoms with E-state index >= 15 is 0 Å². The highest BCUT2D eigenvalue weighted by Crippen LogP contribution is 2.23. The van der Waals surface area contributed by atoms with Crippen molar-refractivity contribution in [2.24, 2.45) is 0 Å². The summed E-state index contributed by atoms with van der Waals surface area (Å²) in [6.07, 6.45) is 1.82. The first-order valence-electron chi connectivity index (χ1n) is 4.93. The number of nitrogens with two attached hydrogens (primary N) is 1. The summed E-state index contributed by atoms with van der Waals surface area (Å²) in [6.45, 7) is 1.69. The number of rotatable bonds is 2. The number of hydrogen-bond acceptors (Lipinski definition) is 5. The van der Waals surface area contributed by atoms with Gasteiger partial charge in [0, 0.05) is 0 Å². The molecule has 0 aliphatic rings. The number of nitrogens with zero attached hydrogens (tertiary/aromatic N) is 3. The van der Waals surface area contributed by atoms with Gasteiger partial charge in [0.15, 0.2) is 11.0 Å². The van der Waals surface area contributed by atoms with Crippen molar-refractivity contribution in [2.45, 2.75) is 12.1 Å². The Morgan fingerprint density at radius 3 is 2.71 bits per heavy atom. The van der Waals surface area contributed by atoms with Gasteiger partial charge in [0.25, 0.3) is 0 Å². The zero-order valence-corrected chi connectivity index (χ0v) is 10.3. The molecule has 6 heteroatoms. The van der Waals surface area contributed by atoms with Gasteiger partial charge < -0.3 is 5.73 Å². The summed E-state index contributed by atoms with van der Waals surface area (Å²) < 4.78 is 13.9. The molecule has 1 aromatic carbocycles. The zero-order chi connectivity index (χ0) is 12.4. The first-order chi connectivity index (χ1) is 8.11. The van der Waals surface area contributed by atoms with Crippen LogP contribution in [0.15, 0.2) is 23.4 Å². The number of aryl methyl sites for hydroxylation is 1. The molecule has 17 heavy (non-hydrogen) atoms. The zero-order valence-electron chi connectivity index (χ0n) is 9.44. The lowest BCUT2D eigenvalue weighted by atomic mass is 10.1. The summed E-state index contributed by atoms with van der Waals surface area (Å²) in [7, 11) is 0. The molecule has 1 aromatic heterocycles. The molecule has 0 saturated carbocycles. The average molecular weight is 250 g/mol. The molecular weight excluding hydrogens is 239 g/mol. The van der Waals surface area contributed by atoms with Crippen LogP contribution in [0.4, 0.5) is 10.3 Å². The maximum Gasteiger partial charge on any atom is 0.224 e. The van der Waals surface area contributed by atoms with Gasteiger partial charge in [-0.3, -0.25) is 0 Å². The van der Waals surface area contributed by atoms with E-state index in [2.05, 4.69) is 15.0 Å². The topological polar surface area (TPSA) is 64.7 Å². The quantitative estimate of drug-likeness (QED) is 0.828. The van der Waals surface area contributed by atoms with Gasteiger partial charge in [0.1, 0.15) is 5.82 Å². The summed E-state index contributed by atoms with van der Waals surface area (Å²) in [5.74, 6) is 0.0356. The standard InChI is InChI=1S/C11H11FN4S/c1-6-4-3-5-7(8(6)12)9-14-10(13)16-11(15-9)17-2/h3-5H,1-2H3,(H2,13,14,15,16).